The Bertz CT molecular complexity index is 338. The summed E-state index contributed by atoms with van der Waals surface area (Å²) in [5, 5.41) is 2.15. The second kappa shape index (κ2) is 7.65. The molecule has 96 valence electrons. The molecule has 0 atom stereocenters. The summed E-state index contributed by atoms with van der Waals surface area (Å²) in [6, 6.07) is 2.09. The molecular weight excluding hydrogens is 228 g/mol. The van der Waals surface area contributed by atoms with Crippen LogP contribution in [0, 0.1) is 5.92 Å². The van der Waals surface area contributed by atoms with Crippen molar-refractivity contribution in [1.82, 2.24) is 0 Å². The van der Waals surface area contributed by atoms with Crippen molar-refractivity contribution in [1.29, 1.82) is 0 Å². The number of carbonyl (C=O) groups is 1. The van der Waals surface area contributed by atoms with Gasteiger partial charge in [-0.2, -0.15) is 0 Å². The molecule has 0 saturated heterocycles. The Kier molecular flexibility index (Phi) is 6.49. The molecule has 0 aliphatic heterocycles. The van der Waals surface area contributed by atoms with E-state index in [4.69, 9.17) is 0 Å². The Morgan fingerprint density at radius 2 is 1.94 bits per heavy atom. The topological polar surface area (TPSA) is 17.1 Å². The third-order valence-corrected chi connectivity index (χ3v) is 3.98. The predicted molar refractivity (Wildman–Crippen MR) is 76.0 cm³/mol. The quantitative estimate of drug-likeness (QED) is 0.464. The van der Waals surface area contributed by atoms with E-state index in [0.717, 1.165) is 11.3 Å². The van der Waals surface area contributed by atoms with Crippen LogP contribution in [0.3, 0.4) is 0 Å². The lowest BCUT2D eigenvalue weighted by Crippen LogP contribution is -2.04. The molecule has 0 N–H and O–H groups in total. The van der Waals surface area contributed by atoms with Crippen LogP contribution in [-0.2, 0) is 6.42 Å². The molecule has 0 aromatic carbocycles. The summed E-state index contributed by atoms with van der Waals surface area (Å²) in [6.45, 7) is 6.17. The molecule has 0 aliphatic rings. The highest BCUT2D eigenvalue weighted by atomic mass is 32.1. The first kappa shape index (κ1) is 14.4. The van der Waals surface area contributed by atoms with Gasteiger partial charge in [-0.15, -0.1) is 11.3 Å². The number of unbranched alkanes of at least 4 members (excludes halogenated alkanes) is 4. The van der Waals surface area contributed by atoms with Gasteiger partial charge in [0.25, 0.3) is 0 Å². The van der Waals surface area contributed by atoms with Gasteiger partial charge in [-0.05, 0) is 29.9 Å². The Morgan fingerprint density at radius 1 is 1.24 bits per heavy atom. The van der Waals surface area contributed by atoms with Crippen molar-refractivity contribution in [2.75, 3.05) is 0 Å². The van der Waals surface area contributed by atoms with Gasteiger partial charge >= 0.3 is 0 Å². The van der Waals surface area contributed by atoms with Crippen LogP contribution < -0.4 is 0 Å². The van der Waals surface area contributed by atoms with Gasteiger partial charge in [-0.1, -0.05) is 46.5 Å². The molecule has 0 aliphatic carbocycles. The highest BCUT2D eigenvalue weighted by molar-refractivity contribution is 7.12. The van der Waals surface area contributed by atoms with Crippen molar-refractivity contribution in [3.63, 3.8) is 0 Å². The summed E-state index contributed by atoms with van der Waals surface area (Å²) in [4.78, 5) is 12.7. The van der Waals surface area contributed by atoms with E-state index < -0.39 is 0 Å². The van der Waals surface area contributed by atoms with Gasteiger partial charge in [0, 0.05) is 5.92 Å². The molecule has 0 fully saturated rings. The van der Waals surface area contributed by atoms with E-state index >= 15 is 0 Å². The van der Waals surface area contributed by atoms with Gasteiger partial charge in [0.2, 0.25) is 0 Å². The zero-order chi connectivity index (χ0) is 12.7. The summed E-state index contributed by atoms with van der Waals surface area (Å²) in [7, 11) is 0. The second-order valence-electron chi connectivity index (χ2n) is 5.00. The van der Waals surface area contributed by atoms with Crippen LogP contribution in [0.2, 0.25) is 0 Å². The van der Waals surface area contributed by atoms with Crippen LogP contribution >= 0.6 is 11.3 Å². The lowest BCUT2D eigenvalue weighted by molar-refractivity contribution is 0.0943. The second-order valence-corrected chi connectivity index (χ2v) is 5.91. The maximum atomic E-state index is 11.8. The third kappa shape index (κ3) is 5.03. The Labute approximate surface area is 109 Å². The minimum atomic E-state index is 0.117. The number of hydrogen-bond acceptors (Lipinski definition) is 2. The van der Waals surface area contributed by atoms with Crippen molar-refractivity contribution in [3.05, 3.63) is 21.9 Å². The Hall–Kier alpha value is -0.630. The van der Waals surface area contributed by atoms with Gasteiger partial charge in [0.15, 0.2) is 5.78 Å². The zero-order valence-corrected chi connectivity index (χ0v) is 12.1. The fraction of sp³-hybridized carbons (Fsp3) is 0.667. The van der Waals surface area contributed by atoms with Gasteiger partial charge in [0.05, 0.1) is 4.88 Å². The molecule has 0 unspecified atom stereocenters. The average Bonchev–Trinajstić information content (AvgIpc) is 2.76. The minimum absolute atomic E-state index is 0.117. The molecule has 1 rings (SSSR count). The molecule has 0 bridgehead atoms. The van der Waals surface area contributed by atoms with Crippen molar-refractivity contribution >= 4 is 17.1 Å². The monoisotopic (exact) mass is 252 g/mol. The Balaban J connectivity index is 2.33. The molecule has 0 saturated carbocycles. The summed E-state index contributed by atoms with van der Waals surface area (Å²) in [6.07, 6.45) is 7.69. The molecule has 1 nitrogen and oxygen atoms in total. The van der Waals surface area contributed by atoms with E-state index in [-0.39, 0.29) is 11.7 Å². The van der Waals surface area contributed by atoms with Gasteiger partial charge in [-0.25, -0.2) is 0 Å². The molecule has 17 heavy (non-hydrogen) atoms. The summed E-state index contributed by atoms with van der Waals surface area (Å²) >= 11 is 1.60. The Morgan fingerprint density at radius 3 is 2.59 bits per heavy atom. The summed E-state index contributed by atoms with van der Waals surface area (Å²) in [5.74, 6) is 0.401. The lowest BCUT2D eigenvalue weighted by atomic mass is 10.1. The van der Waals surface area contributed by atoms with Crippen LogP contribution in [0.15, 0.2) is 11.4 Å². The highest BCUT2D eigenvalue weighted by Gasteiger charge is 2.12. The van der Waals surface area contributed by atoms with E-state index in [1.807, 2.05) is 13.8 Å². The van der Waals surface area contributed by atoms with E-state index in [2.05, 4.69) is 18.4 Å². The first-order valence-electron chi connectivity index (χ1n) is 6.76. The van der Waals surface area contributed by atoms with Crippen LogP contribution in [-0.4, -0.2) is 5.78 Å². The van der Waals surface area contributed by atoms with Crippen LogP contribution in [0.1, 0.15) is 68.1 Å². The number of aryl methyl sites for hydroxylation is 1. The van der Waals surface area contributed by atoms with E-state index in [1.54, 1.807) is 11.3 Å². The zero-order valence-electron chi connectivity index (χ0n) is 11.3. The number of hydrogen-bond donors (Lipinski definition) is 0. The molecule has 0 amide bonds. The highest BCUT2D eigenvalue weighted by Crippen LogP contribution is 2.20. The molecule has 1 aromatic heterocycles. The smallest absolute Gasteiger partial charge is 0.175 e. The van der Waals surface area contributed by atoms with Crippen LogP contribution in [0.25, 0.3) is 0 Å². The van der Waals surface area contributed by atoms with E-state index in [0.29, 0.717) is 0 Å². The van der Waals surface area contributed by atoms with Gasteiger partial charge in [0.1, 0.15) is 0 Å². The molecule has 0 radical (unpaired) electrons. The molecule has 0 spiro atoms. The van der Waals surface area contributed by atoms with E-state index in [1.165, 1.54) is 37.7 Å². The average molecular weight is 252 g/mol. The molecule has 2 heteroatoms. The number of Topliss-reactive ketones (excluding diaryl/α,β-unsaturated/α-hetero) is 1. The van der Waals surface area contributed by atoms with Crippen LogP contribution in [0.4, 0.5) is 0 Å². The normalized spacial score (nSPS) is 11.1. The predicted octanol–water partition coefficient (Wildman–Crippen LogP) is 5.10. The summed E-state index contributed by atoms with van der Waals surface area (Å²) in [5.41, 5.74) is 1.34. The number of rotatable bonds is 8. The molecule has 1 aromatic rings. The van der Waals surface area contributed by atoms with Crippen molar-refractivity contribution < 1.29 is 4.79 Å². The maximum Gasteiger partial charge on any atom is 0.175 e. The first-order chi connectivity index (χ1) is 8.15. The fourth-order valence-corrected chi connectivity index (χ4v) is 2.89. The number of carbonyl (C=O) groups excluding carboxylic acids is 1. The lowest BCUT2D eigenvalue weighted by Gasteiger charge is -2.00. The fourth-order valence-electron chi connectivity index (χ4n) is 1.85. The molecular formula is C15H24OS. The van der Waals surface area contributed by atoms with Crippen molar-refractivity contribution in [2.24, 2.45) is 5.92 Å². The first-order valence-corrected chi connectivity index (χ1v) is 7.64. The maximum absolute atomic E-state index is 11.8. The van der Waals surface area contributed by atoms with E-state index in [9.17, 15) is 4.79 Å². The molecule has 1 heterocycles. The van der Waals surface area contributed by atoms with Crippen molar-refractivity contribution in [3.8, 4) is 0 Å². The summed E-state index contributed by atoms with van der Waals surface area (Å²) < 4.78 is 0. The van der Waals surface area contributed by atoms with Crippen molar-refractivity contribution in [2.45, 2.75) is 59.3 Å². The SMILES string of the molecule is CCCCCCCc1csc(C(=O)C(C)C)c1. The minimum Gasteiger partial charge on any atom is -0.293 e. The largest absolute Gasteiger partial charge is 0.293 e. The number of thiophene rings is 1. The number of ketones is 1. The van der Waals surface area contributed by atoms with Gasteiger partial charge < -0.3 is 0 Å². The standard InChI is InChI=1S/C15H24OS/c1-4-5-6-7-8-9-13-10-14(17-11-13)15(16)12(2)3/h10-12H,4-9H2,1-3H3. The third-order valence-electron chi connectivity index (χ3n) is 2.99. The van der Waals surface area contributed by atoms with Gasteiger partial charge in [-0.3, -0.25) is 4.79 Å². The van der Waals surface area contributed by atoms with Crippen LogP contribution in [0.5, 0.6) is 0 Å².